The molecule has 1 atom stereocenters. The van der Waals surface area contributed by atoms with E-state index in [-0.39, 0.29) is 0 Å². The van der Waals surface area contributed by atoms with Gasteiger partial charge in [-0.3, -0.25) is 4.21 Å². The van der Waals surface area contributed by atoms with Crippen LogP contribution >= 0.6 is 11.3 Å². The lowest BCUT2D eigenvalue weighted by atomic mass is 10.2. The molecule has 0 saturated heterocycles. The van der Waals surface area contributed by atoms with Crippen molar-refractivity contribution >= 4 is 22.1 Å². The summed E-state index contributed by atoms with van der Waals surface area (Å²) < 4.78 is 18.7. The molecule has 6 nitrogen and oxygen atoms in total. The highest BCUT2D eigenvalue weighted by Crippen LogP contribution is 2.32. The Morgan fingerprint density at radius 2 is 2.18 bits per heavy atom. The predicted molar refractivity (Wildman–Crippen MR) is 85.6 cm³/mol. The first-order valence-electron chi connectivity index (χ1n) is 6.48. The number of rotatable bonds is 5. The summed E-state index contributed by atoms with van der Waals surface area (Å²) in [5.74, 6) is 0.794. The minimum atomic E-state index is -1.17. The predicted octanol–water partition coefficient (Wildman–Crippen LogP) is 2.20. The van der Waals surface area contributed by atoms with Crippen LogP contribution in [0.3, 0.4) is 0 Å². The number of methoxy groups -OCH3 is 1. The van der Waals surface area contributed by atoms with Crippen LogP contribution in [0.2, 0.25) is 0 Å². The Balaban J connectivity index is 1.88. The summed E-state index contributed by atoms with van der Waals surface area (Å²) in [4.78, 5) is 4.63. The van der Waals surface area contributed by atoms with Crippen LogP contribution in [0.5, 0.6) is 5.75 Å². The summed E-state index contributed by atoms with van der Waals surface area (Å²) in [5.41, 5.74) is 1.83. The molecular formula is C14H14N4O2S2. The van der Waals surface area contributed by atoms with Crippen molar-refractivity contribution in [3.63, 3.8) is 0 Å². The lowest BCUT2D eigenvalue weighted by molar-refractivity contribution is 0.416. The fraction of sp³-hybridized carbons (Fsp3) is 0.214. The molecule has 1 aromatic carbocycles. The Hall–Kier alpha value is -2.06. The molecule has 0 radical (unpaired) electrons. The fourth-order valence-electron chi connectivity index (χ4n) is 2.07. The van der Waals surface area contributed by atoms with Gasteiger partial charge >= 0.3 is 0 Å². The van der Waals surface area contributed by atoms with E-state index in [1.807, 2.05) is 29.6 Å². The Kier molecular flexibility index (Phi) is 4.30. The van der Waals surface area contributed by atoms with E-state index in [2.05, 4.69) is 15.2 Å². The first kappa shape index (κ1) is 14.9. The molecule has 2 aromatic heterocycles. The van der Waals surface area contributed by atoms with Crippen molar-refractivity contribution in [2.24, 2.45) is 0 Å². The lowest BCUT2D eigenvalue weighted by Gasteiger charge is -2.05. The summed E-state index contributed by atoms with van der Waals surface area (Å²) in [7, 11) is 0.474. The molecular weight excluding hydrogens is 320 g/mol. The van der Waals surface area contributed by atoms with Crippen LogP contribution in [0, 0.1) is 0 Å². The van der Waals surface area contributed by atoms with Crippen molar-refractivity contribution in [2.45, 2.75) is 11.7 Å². The van der Waals surface area contributed by atoms with Gasteiger partial charge < -0.3 is 9.30 Å². The number of benzene rings is 1. The smallest absolute Gasteiger partial charge is 0.221 e. The van der Waals surface area contributed by atoms with Gasteiger partial charge in [0, 0.05) is 11.6 Å². The van der Waals surface area contributed by atoms with E-state index in [4.69, 9.17) is 4.74 Å². The van der Waals surface area contributed by atoms with E-state index < -0.39 is 10.8 Å². The minimum absolute atomic E-state index is 0.451. The second-order valence-electron chi connectivity index (χ2n) is 4.54. The van der Waals surface area contributed by atoms with Crippen LogP contribution in [0.25, 0.3) is 10.6 Å². The summed E-state index contributed by atoms with van der Waals surface area (Å²) in [6.45, 7) is 0.494. The SMILES string of the molecule is COc1ccccc1-c1nc(Cn2cnnc2[S@](C)=O)cs1. The number of nitrogens with zero attached hydrogens (tertiary/aromatic N) is 4. The zero-order chi connectivity index (χ0) is 15.5. The number of thiazole rings is 1. The van der Waals surface area contributed by atoms with Gasteiger partial charge in [0.2, 0.25) is 5.16 Å². The van der Waals surface area contributed by atoms with Crippen molar-refractivity contribution in [1.82, 2.24) is 19.7 Å². The van der Waals surface area contributed by atoms with Gasteiger partial charge in [-0.1, -0.05) is 12.1 Å². The maximum absolute atomic E-state index is 11.6. The Labute approximate surface area is 134 Å². The van der Waals surface area contributed by atoms with Crippen LogP contribution < -0.4 is 4.74 Å². The van der Waals surface area contributed by atoms with Crippen LogP contribution in [0.15, 0.2) is 41.1 Å². The van der Waals surface area contributed by atoms with E-state index in [9.17, 15) is 4.21 Å². The summed E-state index contributed by atoms with van der Waals surface area (Å²) in [5, 5.41) is 11.0. The van der Waals surface area contributed by atoms with Crippen LogP contribution in [-0.4, -0.2) is 37.3 Å². The van der Waals surface area contributed by atoms with Crippen molar-refractivity contribution in [2.75, 3.05) is 13.4 Å². The molecule has 3 aromatic rings. The van der Waals surface area contributed by atoms with Gasteiger partial charge in [0.1, 0.15) is 17.1 Å². The third-order valence-corrected chi connectivity index (χ3v) is 4.81. The van der Waals surface area contributed by atoms with E-state index >= 15 is 0 Å². The maximum Gasteiger partial charge on any atom is 0.221 e. The Morgan fingerprint density at radius 3 is 2.95 bits per heavy atom. The fourth-order valence-corrected chi connectivity index (χ4v) is 3.52. The molecule has 0 N–H and O–H groups in total. The zero-order valence-corrected chi connectivity index (χ0v) is 13.7. The molecule has 22 heavy (non-hydrogen) atoms. The average Bonchev–Trinajstić information content (AvgIpc) is 3.17. The molecule has 114 valence electrons. The third-order valence-electron chi connectivity index (χ3n) is 3.06. The standard InChI is InChI=1S/C14H14N4O2S2/c1-20-12-6-4-3-5-11(12)13-16-10(8-21-13)7-18-9-15-17-14(18)22(2)19/h3-6,8-9H,7H2,1-2H3/t22-/m0/s1. The van der Waals surface area contributed by atoms with Gasteiger partial charge in [0.25, 0.3) is 0 Å². The summed E-state index contributed by atoms with van der Waals surface area (Å²) >= 11 is 1.55. The molecule has 0 amide bonds. The third kappa shape index (κ3) is 2.93. The highest BCUT2D eigenvalue weighted by molar-refractivity contribution is 7.84. The topological polar surface area (TPSA) is 69.9 Å². The molecule has 0 spiro atoms. The van der Waals surface area contributed by atoms with Gasteiger partial charge in [-0.25, -0.2) is 4.98 Å². The second-order valence-corrected chi connectivity index (χ2v) is 6.67. The molecule has 0 aliphatic carbocycles. The molecule has 8 heteroatoms. The molecule has 2 heterocycles. The molecule has 0 saturated carbocycles. The van der Waals surface area contributed by atoms with E-state index in [1.54, 1.807) is 35.6 Å². The first-order valence-corrected chi connectivity index (χ1v) is 8.92. The number of hydrogen-bond donors (Lipinski definition) is 0. The Morgan fingerprint density at radius 1 is 1.36 bits per heavy atom. The number of para-hydroxylation sites is 1. The normalized spacial score (nSPS) is 12.3. The monoisotopic (exact) mass is 334 g/mol. The van der Waals surface area contributed by atoms with Crippen molar-refractivity contribution in [3.05, 3.63) is 41.7 Å². The van der Waals surface area contributed by atoms with Gasteiger partial charge in [-0.05, 0) is 12.1 Å². The summed E-state index contributed by atoms with van der Waals surface area (Å²) in [6, 6.07) is 7.77. The summed E-state index contributed by atoms with van der Waals surface area (Å²) in [6.07, 6.45) is 3.15. The quantitative estimate of drug-likeness (QED) is 0.715. The van der Waals surface area contributed by atoms with Crippen molar-refractivity contribution < 1.29 is 8.95 Å². The number of hydrogen-bond acceptors (Lipinski definition) is 6. The largest absolute Gasteiger partial charge is 0.496 e. The lowest BCUT2D eigenvalue weighted by Crippen LogP contribution is -2.05. The van der Waals surface area contributed by atoms with Crippen molar-refractivity contribution in [1.29, 1.82) is 0 Å². The van der Waals surface area contributed by atoms with Gasteiger partial charge in [-0.15, -0.1) is 21.5 Å². The van der Waals surface area contributed by atoms with Crippen molar-refractivity contribution in [3.8, 4) is 16.3 Å². The maximum atomic E-state index is 11.6. The number of ether oxygens (including phenoxy) is 1. The molecule has 0 aliphatic rings. The zero-order valence-electron chi connectivity index (χ0n) is 12.1. The van der Waals surface area contributed by atoms with Crippen LogP contribution in [0.4, 0.5) is 0 Å². The van der Waals surface area contributed by atoms with Gasteiger partial charge in [0.05, 0.1) is 35.7 Å². The highest BCUT2D eigenvalue weighted by atomic mass is 32.2. The van der Waals surface area contributed by atoms with Crippen LogP contribution in [-0.2, 0) is 17.3 Å². The van der Waals surface area contributed by atoms with Gasteiger partial charge in [0.15, 0.2) is 0 Å². The second kappa shape index (κ2) is 6.37. The van der Waals surface area contributed by atoms with Gasteiger partial charge in [-0.2, -0.15) is 0 Å². The first-order chi connectivity index (χ1) is 10.7. The molecule has 3 rings (SSSR count). The van der Waals surface area contributed by atoms with Crippen LogP contribution in [0.1, 0.15) is 5.69 Å². The molecule has 0 bridgehead atoms. The minimum Gasteiger partial charge on any atom is -0.496 e. The molecule has 0 unspecified atom stereocenters. The Bertz CT molecular complexity index is 813. The molecule has 0 fully saturated rings. The molecule has 0 aliphatic heterocycles. The van der Waals surface area contributed by atoms with E-state index in [0.717, 1.165) is 22.0 Å². The van der Waals surface area contributed by atoms with E-state index in [1.165, 1.54) is 0 Å². The number of aromatic nitrogens is 4. The highest BCUT2D eigenvalue weighted by Gasteiger charge is 2.12. The average molecular weight is 334 g/mol. The van der Waals surface area contributed by atoms with E-state index in [0.29, 0.717) is 11.7 Å².